The molecule has 1 aliphatic heterocycles. The van der Waals surface area contributed by atoms with Crippen LogP contribution >= 0.6 is 22.7 Å². The fraction of sp³-hybridized carbons (Fsp3) is 0.535. The highest BCUT2D eigenvalue weighted by Crippen LogP contribution is 2.58. The molecule has 1 aromatic carbocycles. The molecule has 288 valence electrons. The van der Waals surface area contributed by atoms with Crippen LogP contribution in [0.4, 0.5) is 5.69 Å². The fourth-order valence-corrected chi connectivity index (χ4v) is 11.7. The van der Waals surface area contributed by atoms with Crippen LogP contribution in [0.15, 0.2) is 47.5 Å². The summed E-state index contributed by atoms with van der Waals surface area (Å²) in [5, 5.41) is 49.2. The van der Waals surface area contributed by atoms with Gasteiger partial charge in [0.2, 0.25) is 0 Å². The number of aromatic hydroxyl groups is 1. The lowest BCUT2D eigenvalue weighted by molar-refractivity contribution is 0.0187. The van der Waals surface area contributed by atoms with E-state index in [0.29, 0.717) is 30.8 Å². The molecule has 8 atom stereocenters. The quantitative estimate of drug-likeness (QED) is 0.0478. The van der Waals surface area contributed by atoms with Gasteiger partial charge in [0.05, 0.1) is 40.7 Å². The number of phenolic OH excluding ortho intramolecular Hbond substituents is 1. The van der Waals surface area contributed by atoms with Gasteiger partial charge in [-0.1, -0.05) is 30.9 Å². The van der Waals surface area contributed by atoms with Crippen LogP contribution in [0.2, 0.25) is 0 Å². The van der Waals surface area contributed by atoms with Crippen LogP contribution in [0.25, 0.3) is 15.8 Å². The maximum atomic E-state index is 14.6. The van der Waals surface area contributed by atoms with Crippen LogP contribution < -0.4 is 16.4 Å². The van der Waals surface area contributed by atoms with Gasteiger partial charge >= 0.3 is 0 Å². The lowest BCUT2D eigenvalue weighted by Crippen LogP contribution is -2.50. The number of nitrogens with two attached hydrogens (primary N) is 1. The van der Waals surface area contributed by atoms with Crippen molar-refractivity contribution in [3.63, 3.8) is 0 Å². The number of aliphatic hydroxyl groups is 3. The van der Waals surface area contributed by atoms with E-state index in [4.69, 9.17) is 10.7 Å². The Balaban J connectivity index is 1.18. The Kier molecular flexibility index (Phi) is 11.9. The minimum absolute atomic E-state index is 0.0776. The Morgan fingerprint density at radius 1 is 1.06 bits per heavy atom. The monoisotopic (exact) mass is 770 g/mol. The number of hydrogen-bond donors (Lipinski definition) is 7. The van der Waals surface area contributed by atoms with E-state index in [1.807, 2.05) is 43.3 Å². The molecule has 0 amide bonds. The summed E-state index contributed by atoms with van der Waals surface area (Å²) in [6.07, 6.45) is 11.8. The van der Waals surface area contributed by atoms with Gasteiger partial charge in [-0.05, 0) is 131 Å². The predicted molar refractivity (Wildman–Crippen MR) is 219 cm³/mol. The summed E-state index contributed by atoms with van der Waals surface area (Å²) in [4.78, 5) is 23.4. The number of ketones is 1. The lowest BCUT2D eigenvalue weighted by atomic mass is 9.58. The SMILES string of the molecule is CC#Cc1ccc(-c2ccc(C(=O)[C@@H]3CC[C@H]([C@H](Cc4cc(O)c5c(c4)N[C@H]([C@H](C)O)C=C5)NC(N)=NC4CCCC4)C[C@]34CC[C@H]([C@H](O)CO)C4)s2)s1. The number of Topliss-reactive ketones (excluding diaryl/α,β-unsaturated/α-hetero) is 1. The Morgan fingerprint density at radius 2 is 1.81 bits per heavy atom. The van der Waals surface area contributed by atoms with Crippen LogP contribution in [0.3, 0.4) is 0 Å². The van der Waals surface area contributed by atoms with Gasteiger partial charge in [0, 0.05) is 33.0 Å². The molecule has 3 aromatic rings. The number of fused-ring (bicyclic) bond motifs is 1. The first-order valence-corrected chi connectivity index (χ1v) is 21.2. The van der Waals surface area contributed by atoms with Gasteiger partial charge in [-0.2, -0.15) is 0 Å². The fourth-order valence-electron chi connectivity index (χ4n) is 9.68. The van der Waals surface area contributed by atoms with Gasteiger partial charge in [0.15, 0.2) is 11.7 Å². The first kappa shape index (κ1) is 38.6. The third-order valence-electron chi connectivity index (χ3n) is 12.4. The number of guanidine groups is 1. The summed E-state index contributed by atoms with van der Waals surface area (Å²) in [6, 6.07) is 11.8. The molecule has 11 heteroatoms. The number of carbonyl (C=O) groups is 1. The molecular weight excluding hydrogens is 717 g/mol. The van der Waals surface area contributed by atoms with Crippen molar-refractivity contribution in [3.8, 4) is 27.3 Å². The summed E-state index contributed by atoms with van der Waals surface area (Å²) < 4.78 is 0. The van der Waals surface area contributed by atoms with E-state index in [1.165, 1.54) is 0 Å². The third-order valence-corrected chi connectivity index (χ3v) is 14.7. The Morgan fingerprint density at radius 3 is 2.57 bits per heavy atom. The smallest absolute Gasteiger partial charge is 0.189 e. The average Bonchev–Trinajstić information content (AvgIpc) is 3.99. The second kappa shape index (κ2) is 16.6. The first-order chi connectivity index (χ1) is 26.1. The highest BCUT2D eigenvalue weighted by atomic mass is 32.1. The molecule has 9 nitrogen and oxygen atoms in total. The van der Waals surface area contributed by atoms with E-state index in [2.05, 4.69) is 34.6 Å². The number of benzene rings is 1. The minimum Gasteiger partial charge on any atom is -0.507 e. The molecular formula is C43H54N4O5S2. The molecule has 8 N–H and O–H groups in total. The predicted octanol–water partition coefficient (Wildman–Crippen LogP) is 6.94. The summed E-state index contributed by atoms with van der Waals surface area (Å²) in [7, 11) is 0. The van der Waals surface area contributed by atoms with Crippen LogP contribution in [0.5, 0.6) is 5.75 Å². The zero-order chi connectivity index (χ0) is 38.0. The molecule has 1 spiro atoms. The number of nitrogens with one attached hydrogen (secondary N) is 2. The van der Waals surface area contributed by atoms with Gasteiger partial charge in [0.1, 0.15) is 5.75 Å². The molecule has 0 unspecified atom stereocenters. The molecule has 0 bridgehead atoms. The minimum atomic E-state index is -0.818. The summed E-state index contributed by atoms with van der Waals surface area (Å²) in [5.74, 6) is 6.73. The summed E-state index contributed by atoms with van der Waals surface area (Å²) in [5.41, 5.74) is 8.74. The molecule has 4 aliphatic rings. The van der Waals surface area contributed by atoms with E-state index in [-0.39, 0.29) is 59.4 Å². The molecule has 0 radical (unpaired) electrons. The van der Waals surface area contributed by atoms with Gasteiger partial charge in [-0.3, -0.25) is 9.79 Å². The number of anilines is 1. The molecule has 54 heavy (non-hydrogen) atoms. The summed E-state index contributed by atoms with van der Waals surface area (Å²) >= 11 is 3.19. The molecule has 7 rings (SSSR count). The average molecular weight is 771 g/mol. The maximum Gasteiger partial charge on any atom is 0.189 e. The molecule has 0 saturated heterocycles. The number of rotatable bonds is 11. The second-order valence-electron chi connectivity index (χ2n) is 16.0. The van der Waals surface area contributed by atoms with E-state index in [9.17, 15) is 25.2 Å². The third kappa shape index (κ3) is 8.29. The van der Waals surface area contributed by atoms with Crippen LogP contribution in [0, 0.1) is 35.0 Å². The molecule has 3 heterocycles. The Hall–Kier alpha value is -3.66. The van der Waals surface area contributed by atoms with Crippen molar-refractivity contribution in [1.29, 1.82) is 0 Å². The van der Waals surface area contributed by atoms with Crippen molar-refractivity contribution in [2.24, 2.45) is 33.9 Å². The highest BCUT2D eigenvalue weighted by Gasteiger charge is 2.53. The van der Waals surface area contributed by atoms with Crippen molar-refractivity contribution in [3.05, 3.63) is 63.4 Å². The number of carbonyl (C=O) groups excluding carboxylic acids is 1. The van der Waals surface area contributed by atoms with Crippen molar-refractivity contribution in [1.82, 2.24) is 5.32 Å². The van der Waals surface area contributed by atoms with Crippen LogP contribution in [0.1, 0.15) is 104 Å². The molecule has 2 aromatic heterocycles. The van der Waals surface area contributed by atoms with E-state index < -0.39 is 12.2 Å². The van der Waals surface area contributed by atoms with E-state index in [0.717, 1.165) is 82.1 Å². The van der Waals surface area contributed by atoms with Crippen LogP contribution in [-0.4, -0.2) is 69.1 Å². The normalized spacial score (nSPS) is 27.2. The molecule has 3 fully saturated rings. The number of phenols is 1. The van der Waals surface area contributed by atoms with Crippen molar-refractivity contribution in [2.45, 2.75) is 115 Å². The van der Waals surface area contributed by atoms with Crippen molar-refractivity contribution in [2.75, 3.05) is 11.9 Å². The van der Waals surface area contributed by atoms with Crippen LogP contribution in [-0.2, 0) is 6.42 Å². The van der Waals surface area contributed by atoms with E-state index in [1.54, 1.807) is 29.6 Å². The number of nitrogens with zero attached hydrogens (tertiary/aromatic N) is 1. The number of thiophene rings is 2. The largest absolute Gasteiger partial charge is 0.507 e. The second-order valence-corrected chi connectivity index (χ2v) is 18.2. The molecule has 3 aliphatic carbocycles. The van der Waals surface area contributed by atoms with Crippen molar-refractivity contribution >= 4 is 46.2 Å². The highest BCUT2D eigenvalue weighted by molar-refractivity contribution is 7.23. The zero-order valence-electron chi connectivity index (χ0n) is 31.3. The topological polar surface area (TPSA) is 160 Å². The number of aliphatic imine (C=N–C) groups is 1. The number of aliphatic hydroxyl groups excluding tert-OH is 3. The van der Waals surface area contributed by atoms with Gasteiger partial charge in [-0.25, -0.2) is 0 Å². The maximum absolute atomic E-state index is 14.6. The van der Waals surface area contributed by atoms with Gasteiger partial charge in [0.25, 0.3) is 0 Å². The van der Waals surface area contributed by atoms with E-state index >= 15 is 0 Å². The van der Waals surface area contributed by atoms with Crippen molar-refractivity contribution < 1.29 is 25.2 Å². The van der Waals surface area contributed by atoms with Gasteiger partial charge < -0.3 is 36.8 Å². The standard InChI is InChI=1S/C43H54N4O5S2/c1-3-6-30-10-14-38(53-30)39-15-16-40(54-39)41(52)32-12-9-27(22-43(32)18-17-28(23-43)37(51)24-48)34(47-42(44)45-29-7-4-5-8-29)19-26-20-35-31(36(50)21-26)11-13-33(46-35)25(2)49/h10-11,13-16,20-21,25,27-29,32-34,37,46,48-51H,4-5,7-9,12,17-19,22-24H2,1-2H3,(H3,44,45,47)/t25-,27-,28-,32-,33-,34-,37+,43-/m0/s1. The Bertz CT molecular complexity index is 1930. The number of hydrogen-bond acceptors (Lipinski definition) is 9. The lowest BCUT2D eigenvalue weighted by Gasteiger charge is -2.47. The Labute approximate surface area is 326 Å². The first-order valence-electron chi connectivity index (χ1n) is 19.6. The molecule has 3 saturated carbocycles. The zero-order valence-corrected chi connectivity index (χ0v) is 32.9. The van der Waals surface area contributed by atoms with Gasteiger partial charge in [-0.15, -0.1) is 28.6 Å². The summed E-state index contributed by atoms with van der Waals surface area (Å²) in [6.45, 7) is 3.28.